The quantitative estimate of drug-likeness (QED) is 0.457. The summed E-state index contributed by atoms with van der Waals surface area (Å²) < 4.78 is 31.2. The second kappa shape index (κ2) is 14.1. The van der Waals surface area contributed by atoms with Crippen LogP contribution in [-0.4, -0.2) is 99.2 Å². The van der Waals surface area contributed by atoms with E-state index in [0.717, 1.165) is 19.5 Å². The van der Waals surface area contributed by atoms with E-state index in [-0.39, 0.29) is 24.9 Å². The highest BCUT2D eigenvalue weighted by molar-refractivity contribution is 6.03. The smallest absolute Gasteiger partial charge is 0.317 e. The highest BCUT2D eigenvalue weighted by Gasteiger charge is 2.37. The van der Waals surface area contributed by atoms with Crippen LogP contribution in [0, 0.1) is 5.82 Å². The zero-order chi connectivity index (χ0) is 28.5. The standard InChI is InChI=1S/C29H38FN5O5/c1-4-11-31-29(37)34(13-12-33-14-16-40-17-15-33)20-28(36)35-26(23-18-21(38-2)9-10-27(23)39-3)19-25(32-35)22-7-5-6-8-24(22)30/h5-10,18,26H,4,11-17,19-20H2,1-3H3,(H,31,37). The van der Waals surface area contributed by atoms with Gasteiger partial charge >= 0.3 is 6.03 Å². The van der Waals surface area contributed by atoms with Crippen LogP contribution in [0.1, 0.15) is 36.9 Å². The van der Waals surface area contributed by atoms with E-state index < -0.39 is 11.9 Å². The van der Waals surface area contributed by atoms with Gasteiger partial charge in [0.05, 0.1) is 39.2 Å². The molecule has 40 heavy (non-hydrogen) atoms. The number of benzene rings is 2. The van der Waals surface area contributed by atoms with Crippen LogP contribution in [-0.2, 0) is 9.53 Å². The lowest BCUT2D eigenvalue weighted by molar-refractivity contribution is -0.133. The van der Waals surface area contributed by atoms with Crippen LogP contribution in [0.3, 0.4) is 0 Å². The highest BCUT2D eigenvalue weighted by Crippen LogP contribution is 2.39. The number of nitrogens with one attached hydrogen (secondary N) is 1. The van der Waals surface area contributed by atoms with Crippen LogP contribution in [0.25, 0.3) is 0 Å². The van der Waals surface area contributed by atoms with Crippen molar-refractivity contribution < 1.29 is 28.2 Å². The maximum Gasteiger partial charge on any atom is 0.317 e. The van der Waals surface area contributed by atoms with Crippen molar-refractivity contribution in [3.63, 3.8) is 0 Å². The van der Waals surface area contributed by atoms with E-state index in [9.17, 15) is 14.0 Å². The third kappa shape index (κ3) is 7.08. The molecule has 1 atom stereocenters. The number of halogens is 1. The average molecular weight is 556 g/mol. The summed E-state index contributed by atoms with van der Waals surface area (Å²) in [4.78, 5) is 30.7. The molecule has 0 aromatic heterocycles. The van der Waals surface area contributed by atoms with Gasteiger partial charge in [0.2, 0.25) is 0 Å². The van der Waals surface area contributed by atoms with Crippen molar-refractivity contribution in [3.05, 3.63) is 59.4 Å². The lowest BCUT2D eigenvalue weighted by atomic mass is 9.97. The number of carbonyl (C=O) groups excluding carboxylic acids is 2. The van der Waals surface area contributed by atoms with Crippen molar-refractivity contribution in [1.82, 2.24) is 20.1 Å². The fourth-order valence-corrected chi connectivity index (χ4v) is 4.86. The van der Waals surface area contributed by atoms with Gasteiger partial charge < -0.3 is 24.4 Å². The van der Waals surface area contributed by atoms with Gasteiger partial charge in [-0.3, -0.25) is 9.69 Å². The molecule has 2 aromatic rings. The van der Waals surface area contributed by atoms with Gasteiger partial charge in [0.1, 0.15) is 23.9 Å². The van der Waals surface area contributed by atoms with E-state index >= 15 is 0 Å². The normalized spacial score (nSPS) is 17.4. The molecule has 0 radical (unpaired) electrons. The van der Waals surface area contributed by atoms with Gasteiger partial charge in [-0.1, -0.05) is 25.1 Å². The predicted octanol–water partition coefficient (Wildman–Crippen LogP) is 3.27. The second-order valence-electron chi connectivity index (χ2n) is 9.70. The average Bonchev–Trinajstić information content (AvgIpc) is 3.43. The topological polar surface area (TPSA) is 95.9 Å². The Hall–Kier alpha value is -3.70. The number of morpholine rings is 1. The maximum atomic E-state index is 14.8. The molecule has 1 unspecified atom stereocenters. The first-order valence-corrected chi connectivity index (χ1v) is 13.6. The Labute approximate surface area is 234 Å². The van der Waals surface area contributed by atoms with Crippen molar-refractivity contribution in [2.75, 3.05) is 66.7 Å². The number of rotatable bonds is 11. The molecule has 1 saturated heterocycles. The number of methoxy groups -OCH3 is 2. The molecule has 10 nitrogen and oxygen atoms in total. The number of hydrogen-bond donors (Lipinski definition) is 1. The molecular formula is C29H38FN5O5. The van der Waals surface area contributed by atoms with Gasteiger partial charge in [0, 0.05) is 50.3 Å². The Morgan fingerprint density at radius 3 is 2.62 bits per heavy atom. The second-order valence-corrected chi connectivity index (χ2v) is 9.70. The number of hydrogen-bond acceptors (Lipinski definition) is 7. The largest absolute Gasteiger partial charge is 0.497 e. The Bertz CT molecular complexity index is 1200. The Morgan fingerprint density at radius 2 is 1.93 bits per heavy atom. The zero-order valence-corrected chi connectivity index (χ0v) is 23.4. The van der Waals surface area contributed by atoms with Crippen molar-refractivity contribution in [2.45, 2.75) is 25.8 Å². The van der Waals surface area contributed by atoms with Crippen LogP contribution in [0.15, 0.2) is 47.6 Å². The molecule has 3 amide bonds. The summed E-state index contributed by atoms with van der Waals surface area (Å²) in [5.41, 5.74) is 1.45. The van der Waals surface area contributed by atoms with Gasteiger partial charge in [0.25, 0.3) is 5.91 Å². The van der Waals surface area contributed by atoms with Crippen LogP contribution in [0.5, 0.6) is 11.5 Å². The molecule has 0 saturated carbocycles. The summed E-state index contributed by atoms with van der Waals surface area (Å²) in [6.07, 6.45) is 1.04. The predicted molar refractivity (Wildman–Crippen MR) is 149 cm³/mol. The molecule has 2 aromatic carbocycles. The fourth-order valence-electron chi connectivity index (χ4n) is 4.86. The number of amides is 3. The third-order valence-electron chi connectivity index (χ3n) is 7.08. The van der Waals surface area contributed by atoms with Crippen molar-refractivity contribution >= 4 is 17.6 Å². The number of carbonyl (C=O) groups is 2. The van der Waals surface area contributed by atoms with E-state index in [1.807, 2.05) is 6.92 Å². The van der Waals surface area contributed by atoms with Gasteiger partial charge in [-0.05, 0) is 30.7 Å². The molecule has 0 aliphatic carbocycles. The van der Waals surface area contributed by atoms with E-state index in [1.54, 1.807) is 50.6 Å². The Kier molecular flexibility index (Phi) is 10.3. The van der Waals surface area contributed by atoms with E-state index in [2.05, 4.69) is 15.3 Å². The molecule has 2 aliphatic rings. The van der Waals surface area contributed by atoms with Gasteiger partial charge in [0.15, 0.2) is 0 Å². The van der Waals surface area contributed by atoms with Crippen LogP contribution >= 0.6 is 0 Å². The summed E-state index contributed by atoms with van der Waals surface area (Å²) in [6.45, 7) is 6.12. The minimum absolute atomic E-state index is 0.184. The SMILES string of the molecule is CCCNC(=O)N(CCN1CCOCC1)CC(=O)N1N=C(c2ccccc2F)CC1c1cc(OC)ccc1OC. The fraction of sp³-hybridized carbons (Fsp3) is 0.483. The maximum absolute atomic E-state index is 14.8. The Morgan fingerprint density at radius 1 is 1.15 bits per heavy atom. The van der Waals surface area contributed by atoms with Crippen molar-refractivity contribution in [3.8, 4) is 11.5 Å². The number of hydrazone groups is 1. The number of nitrogens with zero attached hydrogens (tertiary/aromatic N) is 4. The minimum Gasteiger partial charge on any atom is -0.497 e. The lowest BCUT2D eigenvalue weighted by Crippen LogP contribution is -2.49. The molecule has 216 valence electrons. The van der Waals surface area contributed by atoms with E-state index in [1.165, 1.54) is 16.0 Å². The first kappa shape index (κ1) is 29.3. The summed E-state index contributed by atoms with van der Waals surface area (Å²) in [6, 6.07) is 10.8. The molecule has 0 bridgehead atoms. The summed E-state index contributed by atoms with van der Waals surface area (Å²) in [5.74, 6) is 0.347. The van der Waals surface area contributed by atoms with Crippen molar-refractivity contribution in [1.29, 1.82) is 0 Å². The van der Waals surface area contributed by atoms with Gasteiger partial charge in [-0.25, -0.2) is 14.2 Å². The van der Waals surface area contributed by atoms with E-state index in [0.29, 0.717) is 61.2 Å². The van der Waals surface area contributed by atoms with Crippen LogP contribution in [0.4, 0.5) is 9.18 Å². The molecule has 1 N–H and O–H groups in total. The monoisotopic (exact) mass is 555 g/mol. The molecule has 1 fully saturated rings. The number of ether oxygens (including phenoxy) is 3. The molecule has 0 spiro atoms. The van der Waals surface area contributed by atoms with E-state index in [4.69, 9.17) is 14.2 Å². The summed E-state index contributed by atoms with van der Waals surface area (Å²) >= 11 is 0. The summed E-state index contributed by atoms with van der Waals surface area (Å²) in [5, 5.41) is 8.85. The third-order valence-corrected chi connectivity index (χ3v) is 7.08. The molecule has 11 heteroatoms. The molecular weight excluding hydrogens is 517 g/mol. The first-order valence-electron chi connectivity index (χ1n) is 13.6. The van der Waals surface area contributed by atoms with Gasteiger partial charge in [-0.15, -0.1) is 0 Å². The molecule has 2 aliphatic heterocycles. The molecule has 2 heterocycles. The van der Waals surface area contributed by atoms with Crippen LogP contribution < -0.4 is 14.8 Å². The molecule has 4 rings (SSSR count). The first-order chi connectivity index (χ1) is 19.4. The lowest BCUT2D eigenvalue weighted by Gasteiger charge is -2.31. The summed E-state index contributed by atoms with van der Waals surface area (Å²) in [7, 11) is 3.11. The highest BCUT2D eigenvalue weighted by atomic mass is 19.1. The van der Waals surface area contributed by atoms with Crippen LogP contribution in [0.2, 0.25) is 0 Å². The Balaban J connectivity index is 1.63. The number of urea groups is 1. The minimum atomic E-state index is -0.577. The van der Waals surface area contributed by atoms with Gasteiger partial charge in [-0.2, -0.15) is 5.10 Å². The van der Waals surface area contributed by atoms with Crippen molar-refractivity contribution in [2.24, 2.45) is 5.10 Å². The zero-order valence-electron chi connectivity index (χ0n) is 23.4.